The summed E-state index contributed by atoms with van der Waals surface area (Å²) in [7, 11) is 0. The highest BCUT2D eigenvalue weighted by atomic mass is 35.5. The van der Waals surface area contributed by atoms with E-state index in [1.54, 1.807) is 6.92 Å². The molecule has 0 radical (unpaired) electrons. The van der Waals surface area contributed by atoms with Crippen molar-refractivity contribution in [2.24, 2.45) is 0 Å². The van der Waals surface area contributed by atoms with Crippen LogP contribution in [0.2, 0.25) is 15.1 Å². The van der Waals surface area contributed by atoms with Crippen LogP contribution < -0.4 is 10.1 Å². The Morgan fingerprint density at radius 1 is 0.929 bits per heavy atom. The van der Waals surface area contributed by atoms with Crippen LogP contribution >= 0.6 is 34.8 Å². The van der Waals surface area contributed by atoms with Gasteiger partial charge in [-0.1, -0.05) is 65.1 Å². The van der Waals surface area contributed by atoms with Crippen molar-refractivity contribution in [1.29, 1.82) is 0 Å². The number of nitrogens with one attached hydrogen (secondary N) is 1. The van der Waals surface area contributed by atoms with Gasteiger partial charge in [-0.05, 0) is 53.8 Å². The molecule has 0 aliphatic heterocycles. The van der Waals surface area contributed by atoms with E-state index in [9.17, 15) is 4.79 Å². The molecular formula is C22H16Cl3NO2. The van der Waals surface area contributed by atoms with Crippen molar-refractivity contribution in [2.45, 2.75) is 19.4 Å². The van der Waals surface area contributed by atoms with Gasteiger partial charge < -0.3 is 10.1 Å². The van der Waals surface area contributed by atoms with E-state index in [1.165, 1.54) is 34.4 Å². The van der Waals surface area contributed by atoms with Crippen molar-refractivity contribution < 1.29 is 9.53 Å². The Hall–Kier alpha value is -2.20. The number of carbonyl (C=O) groups is 1. The molecule has 4 rings (SSSR count). The van der Waals surface area contributed by atoms with Gasteiger partial charge in [0.25, 0.3) is 5.91 Å². The predicted molar refractivity (Wildman–Crippen MR) is 115 cm³/mol. The molecule has 1 unspecified atom stereocenters. The lowest BCUT2D eigenvalue weighted by atomic mass is 10.1. The summed E-state index contributed by atoms with van der Waals surface area (Å²) in [6.45, 7) is 1.65. The van der Waals surface area contributed by atoms with Gasteiger partial charge in [-0.15, -0.1) is 0 Å². The van der Waals surface area contributed by atoms with Crippen molar-refractivity contribution >= 4 is 46.4 Å². The average Bonchev–Trinajstić information content (AvgIpc) is 3.03. The summed E-state index contributed by atoms with van der Waals surface area (Å²) in [6, 6.07) is 17.3. The molecule has 1 amide bonds. The second kappa shape index (κ2) is 7.67. The van der Waals surface area contributed by atoms with Gasteiger partial charge in [-0.2, -0.15) is 0 Å². The maximum Gasteiger partial charge on any atom is 0.265 e. The summed E-state index contributed by atoms with van der Waals surface area (Å²) in [5.74, 6) is 0.0284. The lowest BCUT2D eigenvalue weighted by Gasteiger charge is -2.16. The highest BCUT2D eigenvalue weighted by Gasteiger charge is 2.20. The highest BCUT2D eigenvalue weighted by Crippen LogP contribution is 2.38. The van der Waals surface area contributed by atoms with E-state index < -0.39 is 6.10 Å². The Morgan fingerprint density at radius 2 is 1.64 bits per heavy atom. The topological polar surface area (TPSA) is 38.3 Å². The monoisotopic (exact) mass is 431 g/mol. The molecule has 1 N–H and O–H groups in total. The quantitative estimate of drug-likeness (QED) is 0.368. The van der Waals surface area contributed by atoms with E-state index in [2.05, 4.69) is 17.4 Å². The summed E-state index contributed by atoms with van der Waals surface area (Å²) in [4.78, 5) is 12.6. The first-order valence-electron chi connectivity index (χ1n) is 8.75. The van der Waals surface area contributed by atoms with E-state index in [1.807, 2.05) is 30.3 Å². The van der Waals surface area contributed by atoms with Crippen LogP contribution in [-0.4, -0.2) is 12.0 Å². The molecule has 3 aromatic carbocycles. The first kappa shape index (κ1) is 19.1. The predicted octanol–water partition coefficient (Wildman–Crippen LogP) is 6.62. The number of halogens is 3. The van der Waals surface area contributed by atoms with Crippen LogP contribution in [0.5, 0.6) is 5.75 Å². The SMILES string of the molecule is CC(Oc1cc(Cl)c(Cl)cc1Cl)C(=O)Nc1ccc2c(c1)Cc1ccccc1-2. The third-order valence-electron chi connectivity index (χ3n) is 4.71. The number of hydrogen-bond acceptors (Lipinski definition) is 2. The fraction of sp³-hybridized carbons (Fsp3) is 0.136. The zero-order chi connectivity index (χ0) is 19.8. The van der Waals surface area contributed by atoms with Crippen molar-refractivity contribution in [3.63, 3.8) is 0 Å². The molecular weight excluding hydrogens is 417 g/mol. The molecule has 0 heterocycles. The van der Waals surface area contributed by atoms with Gasteiger partial charge in [0.1, 0.15) is 5.75 Å². The highest BCUT2D eigenvalue weighted by molar-refractivity contribution is 6.43. The molecule has 0 saturated carbocycles. The number of benzene rings is 3. The van der Waals surface area contributed by atoms with Crippen LogP contribution in [0, 0.1) is 0 Å². The Balaban J connectivity index is 1.47. The van der Waals surface area contributed by atoms with E-state index in [-0.39, 0.29) is 5.91 Å². The minimum atomic E-state index is -0.764. The molecule has 0 saturated heterocycles. The molecule has 1 aliphatic carbocycles. The zero-order valence-corrected chi connectivity index (χ0v) is 17.2. The molecule has 0 aromatic heterocycles. The molecule has 0 spiro atoms. The molecule has 6 heteroatoms. The molecule has 0 bridgehead atoms. The first-order valence-corrected chi connectivity index (χ1v) is 9.89. The summed E-state index contributed by atoms with van der Waals surface area (Å²) >= 11 is 18.0. The van der Waals surface area contributed by atoms with Crippen molar-refractivity contribution in [3.8, 4) is 16.9 Å². The molecule has 0 fully saturated rings. The van der Waals surface area contributed by atoms with Gasteiger partial charge in [-0.3, -0.25) is 4.79 Å². The Bertz CT molecular complexity index is 1080. The summed E-state index contributed by atoms with van der Waals surface area (Å²) in [5.41, 5.74) is 5.68. The van der Waals surface area contributed by atoms with E-state index in [0.29, 0.717) is 20.8 Å². The second-order valence-electron chi connectivity index (χ2n) is 6.65. The average molecular weight is 433 g/mol. The second-order valence-corrected chi connectivity index (χ2v) is 7.87. The van der Waals surface area contributed by atoms with Crippen LogP contribution in [-0.2, 0) is 11.2 Å². The number of fused-ring (bicyclic) bond motifs is 3. The number of hydrogen-bond donors (Lipinski definition) is 1. The van der Waals surface area contributed by atoms with Gasteiger partial charge in [0.15, 0.2) is 6.10 Å². The molecule has 1 atom stereocenters. The summed E-state index contributed by atoms with van der Waals surface area (Å²) in [5, 5.41) is 3.83. The number of ether oxygens (including phenoxy) is 1. The Labute approximate surface area is 178 Å². The number of amides is 1. The Kier molecular flexibility index (Phi) is 5.24. The summed E-state index contributed by atoms with van der Waals surface area (Å²) in [6.07, 6.45) is 0.0976. The van der Waals surface area contributed by atoms with Crippen molar-refractivity contribution in [2.75, 3.05) is 5.32 Å². The van der Waals surface area contributed by atoms with Gasteiger partial charge in [0.05, 0.1) is 15.1 Å². The summed E-state index contributed by atoms with van der Waals surface area (Å²) < 4.78 is 5.67. The maximum absolute atomic E-state index is 12.6. The number of rotatable bonds is 4. The normalized spacial score (nSPS) is 12.9. The third kappa shape index (κ3) is 3.70. The van der Waals surface area contributed by atoms with Gasteiger partial charge in [-0.25, -0.2) is 0 Å². The van der Waals surface area contributed by atoms with Crippen LogP contribution in [0.3, 0.4) is 0 Å². The smallest absolute Gasteiger partial charge is 0.265 e. The fourth-order valence-corrected chi connectivity index (χ4v) is 3.89. The standard InChI is InChI=1S/C22H16Cl3NO2/c1-12(28-21-11-19(24)18(23)10-20(21)25)22(27)26-15-6-7-17-14(9-15)8-13-4-2-3-5-16(13)17/h2-7,9-12H,8H2,1H3,(H,26,27). The van der Waals surface area contributed by atoms with Gasteiger partial charge in [0.2, 0.25) is 0 Å². The minimum absolute atomic E-state index is 0.280. The van der Waals surface area contributed by atoms with Crippen molar-refractivity contribution in [3.05, 3.63) is 80.8 Å². The fourth-order valence-electron chi connectivity index (χ4n) is 3.31. The van der Waals surface area contributed by atoms with Crippen LogP contribution in [0.1, 0.15) is 18.1 Å². The first-order chi connectivity index (χ1) is 13.4. The van der Waals surface area contributed by atoms with E-state index >= 15 is 0 Å². The van der Waals surface area contributed by atoms with Crippen LogP contribution in [0.4, 0.5) is 5.69 Å². The van der Waals surface area contributed by atoms with Gasteiger partial charge >= 0.3 is 0 Å². The van der Waals surface area contributed by atoms with Gasteiger partial charge in [0, 0.05) is 11.8 Å². The lowest BCUT2D eigenvalue weighted by molar-refractivity contribution is -0.122. The molecule has 28 heavy (non-hydrogen) atoms. The van der Waals surface area contributed by atoms with Crippen LogP contribution in [0.25, 0.3) is 11.1 Å². The molecule has 142 valence electrons. The minimum Gasteiger partial charge on any atom is -0.479 e. The van der Waals surface area contributed by atoms with E-state index in [0.717, 1.165) is 12.1 Å². The van der Waals surface area contributed by atoms with Crippen molar-refractivity contribution in [1.82, 2.24) is 0 Å². The lowest BCUT2D eigenvalue weighted by Crippen LogP contribution is -2.30. The number of carbonyl (C=O) groups excluding carboxylic acids is 1. The molecule has 3 nitrogen and oxygen atoms in total. The zero-order valence-electron chi connectivity index (χ0n) is 14.9. The molecule has 1 aliphatic rings. The maximum atomic E-state index is 12.6. The largest absolute Gasteiger partial charge is 0.479 e. The van der Waals surface area contributed by atoms with Crippen LogP contribution in [0.15, 0.2) is 54.6 Å². The number of anilines is 1. The molecule has 3 aromatic rings. The Morgan fingerprint density at radius 3 is 2.46 bits per heavy atom. The third-order valence-corrected chi connectivity index (χ3v) is 5.73. The van der Waals surface area contributed by atoms with E-state index in [4.69, 9.17) is 39.5 Å².